The molecule has 0 N–H and O–H groups in total. The summed E-state index contributed by atoms with van der Waals surface area (Å²) in [5.74, 6) is 1.86. The second-order valence-corrected chi connectivity index (χ2v) is 11.5. The Morgan fingerprint density at radius 1 is 0.432 bits per heavy atom. The van der Waals surface area contributed by atoms with E-state index in [9.17, 15) is 0 Å². The monoisotopic (exact) mass is 628 g/mol. The average molecular weight is 630 g/mol. The highest BCUT2D eigenvalue weighted by Gasteiger charge is 2.20. The topological polar surface area (TPSA) is 43.6 Å². The molecule has 0 saturated heterocycles. The van der Waals surface area contributed by atoms with Crippen LogP contribution in [0.2, 0.25) is 0 Å². The molecule has 0 amide bonds. The van der Waals surface area contributed by atoms with E-state index in [0.717, 1.165) is 48.5 Å². The van der Waals surface area contributed by atoms with Gasteiger partial charge in [0.05, 0.1) is 11.0 Å². The maximum Gasteiger partial charge on any atom is 0.238 e. The minimum atomic E-state index is 0.585. The molecule has 0 bridgehead atoms. The third kappa shape index (κ3) is 4.59. The largest absolute Gasteiger partial charge is 0.278 e. The minimum absolute atomic E-state index is 0.585. The molecule has 44 heavy (non-hydrogen) atoms. The van der Waals surface area contributed by atoms with Crippen LogP contribution in [0.1, 0.15) is 0 Å². The van der Waals surface area contributed by atoms with E-state index < -0.39 is 0 Å². The number of halogens is 1. The number of fused-ring (bicyclic) bond motifs is 3. The van der Waals surface area contributed by atoms with Crippen LogP contribution >= 0.6 is 15.9 Å². The molecule has 8 rings (SSSR count). The number of benzene rings is 6. The van der Waals surface area contributed by atoms with E-state index in [2.05, 4.69) is 111 Å². The summed E-state index contributed by atoms with van der Waals surface area (Å²) in [6.07, 6.45) is 0. The molecule has 0 saturated carbocycles. The van der Waals surface area contributed by atoms with E-state index in [1.807, 2.05) is 60.7 Å². The predicted molar refractivity (Wildman–Crippen MR) is 184 cm³/mol. The van der Waals surface area contributed by atoms with Gasteiger partial charge in [-0.05, 0) is 46.5 Å². The molecule has 0 aliphatic rings. The third-order valence-electron chi connectivity index (χ3n) is 7.94. The van der Waals surface area contributed by atoms with Crippen molar-refractivity contribution in [3.05, 3.63) is 156 Å². The zero-order valence-corrected chi connectivity index (χ0v) is 25.2. The average Bonchev–Trinajstić information content (AvgIpc) is 3.43. The lowest BCUT2D eigenvalue weighted by Gasteiger charge is -2.13. The Balaban J connectivity index is 1.43. The quantitative estimate of drug-likeness (QED) is 0.190. The molecule has 0 aliphatic heterocycles. The van der Waals surface area contributed by atoms with Crippen LogP contribution in [0.3, 0.4) is 0 Å². The van der Waals surface area contributed by atoms with E-state index in [1.54, 1.807) is 0 Å². The summed E-state index contributed by atoms with van der Waals surface area (Å²) in [5.41, 5.74) is 8.63. The van der Waals surface area contributed by atoms with Crippen LogP contribution in [0.4, 0.5) is 0 Å². The lowest BCUT2D eigenvalue weighted by molar-refractivity contribution is 0.953. The molecule has 208 valence electrons. The molecule has 8 aromatic rings. The fourth-order valence-electron chi connectivity index (χ4n) is 5.98. The lowest BCUT2D eigenvalue weighted by Crippen LogP contribution is -2.06. The first-order valence-electron chi connectivity index (χ1n) is 14.5. The summed E-state index contributed by atoms with van der Waals surface area (Å²) in [5, 5.41) is 2.30. The Kier molecular flexibility index (Phi) is 6.58. The van der Waals surface area contributed by atoms with Gasteiger partial charge in [-0.3, -0.25) is 4.57 Å². The van der Waals surface area contributed by atoms with Gasteiger partial charge in [0.15, 0.2) is 11.6 Å². The zero-order valence-electron chi connectivity index (χ0n) is 23.6. The van der Waals surface area contributed by atoms with Gasteiger partial charge in [0.25, 0.3) is 0 Å². The SMILES string of the molecule is Brc1cccc(-c2ccccc2-c2cccc3c2c2ccccc2n3-c2nc(-c3ccccc3)nc(-c3ccccc3)n2)c1. The highest BCUT2D eigenvalue weighted by molar-refractivity contribution is 9.10. The molecule has 2 aromatic heterocycles. The van der Waals surface area contributed by atoms with Crippen LogP contribution in [0, 0.1) is 0 Å². The van der Waals surface area contributed by atoms with Gasteiger partial charge in [0.2, 0.25) is 5.95 Å². The Hall–Kier alpha value is -5.39. The van der Waals surface area contributed by atoms with E-state index in [-0.39, 0.29) is 0 Å². The van der Waals surface area contributed by atoms with Crippen LogP contribution < -0.4 is 0 Å². The van der Waals surface area contributed by atoms with Crippen molar-refractivity contribution in [3.8, 4) is 51.0 Å². The molecule has 4 nitrogen and oxygen atoms in total. The number of rotatable bonds is 5. The van der Waals surface area contributed by atoms with Gasteiger partial charge in [-0.15, -0.1) is 0 Å². The summed E-state index contributed by atoms with van der Waals surface area (Å²) in [4.78, 5) is 15.1. The van der Waals surface area contributed by atoms with Crippen molar-refractivity contribution in [2.24, 2.45) is 0 Å². The third-order valence-corrected chi connectivity index (χ3v) is 8.43. The molecule has 5 heteroatoms. The molecule has 2 heterocycles. The van der Waals surface area contributed by atoms with Gasteiger partial charge in [-0.2, -0.15) is 9.97 Å². The van der Waals surface area contributed by atoms with Crippen LogP contribution in [0.15, 0.2) is 156 Å². The van der Waals surface area contributed by atoms with Crippen molar-refractivity contribution in [3.63, 3.8) is 0 Å². The molecular formula is C39H25BrN4. The number of aromatic nitrogens is 4. The minimum Gasteiger partial charge on any atom is -0.278 e. The van der Waals surface area contributed by atoms with Gasteiger partial charge in [0.1, 0.15) is 0 Å². The molecule has 0 radical (unpaired) electrons. The lowest BCUT2D eigenvalue weighted by atomic mass is 9.92. The number of para-hydroxylation sites is 1. The van der Waals surface area contributed by atoms with Gasteiger partial charge in [-0.1, -0.05) is 143 Å². The van der Waals surface area contributed by atoms with Crippen LogP contribution in [-0.2, 0) is 0 Å². The summed E-state index contributed by atoms with van der Waals surface area (Å²) in [7, 11) is 0. The van der Waals surface area contributed by atoms with Crippen LogP contribution in [0.25, 0.3) is 72.8 Å². The molecule has 6 aromatic carbocycles. The van der Waals surface area contributed by atoms with E-state index >= 15 is 0 Å². The van der Waals surface area contributed by atoms with Crippen molar-refractivity contribution in [2.75, 3.05) is 0 Å². The summed E-state index contributed by atoms with van der Waals surface area (Å²) < 4.78 is 3.23. The first kappa shape index (κ1) is 26.3. The fourth-order valence-corrected chi connectivity index (χ4v) is 6.38. The molecule has 0 aliphatic carbocycles. The maximum atomic E-state index is 5.08. The predicted octanol–water partition coefficient (Wildman–Crippen LogP) is 10.4. The van der Waals surface area contributed by atoms with Crippen molar-refractivity contribution in [1.29, 1.82) is 0 Å². The van der Waals surface area contributed by atoms with Crippen molar-refractivity contribution in [1.82, 2.24) is 19.5 Å². The van der Waals surface area contributed by atoms with Gasteiger partial charge in [-0.25, -0.2) is 4.98 Å². The van der Waals surface area contributed by atoms with Crippen LogP contribution in [-0.4, -0.2) is 19.5 Å². The number of hydrogen-bond acceptors (Lipinski definition) is 3. The van der Waals surface area contributed by atoms with E-state index in [0.29, 0.717) is 17.6 Å². The summed E-state index contributed by atoms with van der Waals surface area (Å²) in [6.45, 7) is 0. The first-order valence-corrected chi connectivity index (χ1v) is 15.3. The second-order valence-electron chi connectivity index (χ2n) is 10.6. The molecular weight excluding hydrogens is 604 g/mol. The highest BCUT2D eigenvalue weighted by atomic mass is 79.9. The standard InChI is InChI=1S/C39H25BrN4/c40-29-18-11-17-28(25-29)30-19-7-8-20-31(30)32-22-12-24-35-36(32)33-21-9-10-23-34(33)44(35)39-42-37(26-13-3-1-4-14-26)41-38(43-39)27-15-5-2-6-16-27/h1-25H. The Morgan fingerprint density at radius 3 is 1.68 bits per heavy atom. The maximum absolute atomic E-state index is 5.08. The van der Waals surface area contributed by atoms with Gasteiger partial charge >= 0.3 is 0 Å². The van der Waals surface area contributed by atoms with Gasteiger partial charge < -0.3 is 0 Å². The number of nitrogens with zero attached hydrogens (tertiary/aromatic N) is 4. The molecule has 0 spiro atoms. The van der Waals surface area contributed by atoms with E-state index in [4.69, 9.17) is 15.0 Å². The van der Waals surface area contributed by atoms with Gasteiger partial charge in [0, 0.05) is 26.4 Å². The van der Waals surface area contributed by atoms with E-state index in [1.165, 1.54) is 11.1 Å². The van der Waals surface area contributed by atoms with Crippen molar-refractivity contribution < 1.29 is 0 Å². The first-order chi connectivity index (χ1) is 21.7. The van der Waals surface area contributed by atoms with Crippen LogP contribution in [0.5, 0.6) is 0 Å². The second kappa shape index (κ2) is 11.0. The van der Waals surface area contributed by atoms with Crippen molar-refractivity contribution in [2.45, 2.75) is 0 Å². The Morgan fingerprint density at radius 2 is 0.977 bits per heavy atom. The Bertz CT molecular complexity index is 2230. The smallest absolute Gasteiger partial charge is 0.238 e. The fraction of sp³-hybridized carbons (Fsp3) is 0. The molecule has 0 unspecified atom stereocenters. The zero-order chi connectivity index (χ0) is 29.5. The molecule has 0 atom stereocenters. The normalized spacial score (nSPS) is 11.3. The summed E-state index contributed by atoms with van der Waals surface area (Å²) in [6, 6.07) is 52.3. The Labute approximate surface area is 263 Å². The molecule has 0 fully saturated rings. The highest BCUT2D eigenvalue weighted by Crippen LogP contribution is 2.41. The number of hydrogen-bond donors (Lipinski definition) is 0. The summed E-state index contributed by atoms with van der Waals surface area (Å²) >= 11 is 3.66. The van der Waals surface area contributed by atoms with Crippen molar-refractivity contribution >= 4 is 37.7 Å².